The van der Waals surface area contributed by atoms with Gasteiger partial charge in [0.25, 0.3) is 0 Å². The summed E-state index contributed by atoms with van der Waals surface area (Å²) in [5.74, 6) is -6.68. The van der Waals surface area contributed by atoms with Crippen molar-refractivity contribution in [1.29, 1.82) is 0 Å². The maximum atomic E-state index is 11.9. The van der Waals surface area contributed by atoms with Crippen molar-refractivity contribution in [2.24, 2.45) is 47.3 Å². The van der Waals surface area contributed by atoms with Crippen molar-refractivity contribution in [2.75, 3.05) is 60.1 Å². The van der Waals surface area contributed by atoms with Gasteiger partial charge in [-0.15, -0.1) is 0 Å². The van der Waals surface area contributed by atoms with E-state index in [1.54, 1.807) is 53.7 Å². The summed E-state index contributed by atoms with van der Waals surface area (Å²) in [5.41, 5.74) is 0. The van der Waals surface area contributed by atoms with Crippen LogP contribution in [0.1, 0.15) is 136 Å². The molecule has 0 saturated heterocycles. The summed E-state index contributed by atoms with van der Waals surface area (Å²) in [5, 5.41) is 29.4. The van der Waals surface area contributed by atoms with Crippen molar-refractivity contribution >= 4 is 221 Å². The number of aldehydes is 1. The van der Waals surface area contributed by atoms with Crippen LogP contribution in [0.5, 0.6) is 0 Å². The molecule has 0 spiro atoms. The molecule has 1 N–H and O–H groups in total. The first-order chi connectivity index (χ1) is 36.3. The number of carbonyl (C=O) groups is 8. The summed E-state index contributed by atoms with van der Waals surface area (Å²) < 4.78 is 30.3. The van der Waals surface area contributed by atoms with Gasteiger partial charge in [0.1, 0.15) is 12.6 Å². The number of hydrogen-bond donors (Lipinski definition) is 1. The fourth-order valence-electron chi connectivity index (χ4n) is 5.19. The van der Waals surface area contributed by atoms with Gasteiger partial charge >= 0.3 is 92.3 Å². The summed E-state index contributed by atoms with van der Waals surface area (Å²) in [6.07, 6.45) is 5.54. The van der Waals surface area contributed by atoms with Crippen LogP contribution in [0.3, 0.4) is 0 Å². The fourth-order valence-corrected chi connectivity index (χ4v) is 5.19. The summed E-state index contributed by atoms with van der Waals surface area (Å²) >= 11 is 19.0. The average Bonchev–Trinajstić information content (AvgIpc) is 3.28. The molecule has 79 heavy (non-hydrogen) atoms. The van der Waals surface area contributed by atoms with Crippen LogP contribution < -0.4 is 13.3 Å². The Morgan fingerprint density at radius 2 is 0.899 bits per heavy atom. The molecule has 0 amide bonds. The quantitative estimate of drug-likeness (QED) is 0.00919. The number of alkyl halides is 6. The van der Waals surface area contributed by atoms with E-state index in [9.17, 15) is 58.6 Å². The van der Waals surface area contributed by atoms with Crippen LogP contribution >= 0.6 is 173 Å². The first-order valence-electron chi connectivity index (χ1n) is 24.1. The van der Waals surface area contributed by atoms with Gasteiger partial charge in [-0.25, -0.2) is 0 Å². The van der Waals surface area contributed by atoms with E-state index in [1.165, 1.54) is 2.43 Å². The second kappa shape index (κ2) is 77.1. The summed E-state index contributed by atoms with van der Waals surface area (Å²) in [4.78, 5) is 110. The maximum absolute atomic E-state index is 11.9. The zero-order valence-electron chi connectivity index (χ0n) is 47.4. The minimum absolute atomic E-state index is 0. The van der Waals surface area contributed by atoms with E-state index >= 15 is 0 Å². The number of rotatable bonds is 27. The van der Waals surface area contributed by atoms with E-state index < -0.39 is 75.9 Å². The molecule has 0 heterocycles. The van der Waals surface area contributed by atoms with Gasteiger partial charge in [0.2, 0.25) is 13.1 Å². The van der Waals surface area contributed by atoms with Crippen LogP contribution in [-0.4, -0.2) is 123 Å². The van der Waals surface area contributed by atoms with E-state index in [0.717, 1.165) is 6.22 Å². The second-order valence-electron chi connectivity index (χ2n) is 16.1. The molecule has 30 heteroatoms. The molecule has 0 aromatic rings. The third-order valence-corrected chi connectivity index (χ3v) is 7.62. The van der Waals surface area contributed by atoms with E-state index in [-0.39, 0.29) is 84.2 Å². The molecule has 0 aliphatic rings. The van der Waals surface area contributed by atoms with Crippen molar-refractivity contribution in [3.63, 3.8) is 0 Å². The molecule has 0 aromatic heterocycles. The molecule has 0 fully saturated rings. The number of allylic oxidation sites excluding steroid dienone is 1. The molecule has 474 valence electrons. The van der Waals surface area contributed by atoms with Gasteiger partial charge in [-0.3, -0.25) is 53.8 Å². The topological polar surface area (TPSA) is 298 Å². The van der Waals surface area contributed by atoms with Crippen molar-refractivity contribution in [3.05, 3.63) is 32.4 Å². The zero-order valence-corrected chi connectivity index (χ0v) is 66.8. The molecule has 0 aliphatic carbocycles. The Morgan fingerprint density at radius 1 is 0.582 bits per heavy atom. The molecular weight excluding hydrogens is 2060 g/mol. The Morgan fingerprint density at radius 3 is 1.13 bits per heavy atom. The predicted octanol–water partition coefficient (Wildman–Crippen LogP) is 11.6. The molecule has 0 aromatic carbocycles. The van der Waals surface area contributed by atoms with Gasteiger partial charge < -0.3 is 38.3 Å². The number of esters is 6. The van der Waals surface area contributed by atoms with E-state index in [2.05, 4.69) is 182 Å². The Hall–Kier alpha value is 1.07. The molecule has 0 rings (SSSR count). The second-order valence-corrected chi connectivity index (χ2v) is 47.7. The number of carboxylic acids is 1. The molecule has 0 aliphatic heterocycles. The van der Waals surface area contributed by atoms with Crippen molar-refractivity contribution in [3.8, 4) is 0 Å². The van der Waals surface area contributed by atoms with Crippen molar-refractivity contribution < 1.29 is 95.0 Å². The molecular formula is C49H90I9N2O19-. The van der Waals surface area contributed by atoms with E-state index in [1.807, 2.05) is 60.3 Å². The number of nitrogens with zero attached hydrogens (tertiary/aromatic N) is 2. The van der Waals surface area contributed by atoms with Gasteiger partial charge in [0.15, 0.2) is 11.8 Å². The molecule has 0 radical (unpaired) electrons. The molecule has 0 bridgehead atoms. The number of ether oxygens (including phenoxy) is 6. The third kappa shape index (κ3) is 93.0. The predicted molar refractivity (Wildman–Crippen MR) is 376 cm³/mol. The number of hydrogen-bond acceptors (Lipinski definition) is 18. The first-order valence-corrected chi connectivity index (χ1v) is 45.7. The van der Waals surface area contributed by atoms with Crippen molar-refractivity contribution in [2.45, 2.75) is 136 Å². The Labute approximate surface area is 583 Å². The number of halogens is 9. The Kier molecular flexibility index (Phi) is 99.5. The Bertz CT molecular complexity index is 1480. The van der Waals surface area contributed by atoms with Crippen molar-refractivity contribution in [1.82, 2.24) is 0 Å². The number of carbonyl (C=O) groups excluding carboxylic acids is 7. The summed E-state index contributed by atoms with van der Waals surface area (Å²) in [7, 11) is 0. The minimum atomic E-state index is -1.23. The van der Waals surface area contributed by atoms with Gasteiger partial charge in [0.05, 0.1) is 48.5 Å². The van der Waals surface area contributed by atoms with Gasteiger partial charge in [0, 0.05) is 28.1 Å². The van der Waals surface area contributed by atoms with Crippen LogP contribution in [0.4, 0.5) is 0 Å². The van der Waals surface area contributed by atoms with Gasteiger partial charge in [-0.2, -0.15) is 0 Å². The standard InChI is InChI=1S/C13H23NO6.C12H20O4.C8H15NO4.C7H12O4.C5H10O.CHI3.CH2I2.CH3I.CH4.I3/c1-5-19-12(15)11(13(16)20-6-2)10(7-9(3)4)8-14(17)18;1-5-15-11(13)10(8-7-9(3)4)12(14)16-6-2;1-6(2)3-7(4-8(10)11)5-9(12)13;1-3-10-6(8)5-7(9)11-4-2;1-5(2)3-4-6;2-1(3)4;2-1-3;1-2;;1-3-2/h9-11H,5-8H2,1-4H3;7-10H,5-6H2,1-4H3;6-7H,3-5H2,1-2H3,(H,10,11);3-5H2,1-2H3;4-5H,3H2,1-2H3;1H;1H2;1H3;1H4;/q;;;;;;;;;-1/b;8-7+;;;;;;;;. The summed E-state index contributed by atoms with van der Waals surface area (Å²) in [6, 6.07) is 0. The summed E-state index contributed by atoms with van der Waals surface area (Å²) in [6.45, 7) is 26.2. The van der Waals surface area contributed by atoms with E-state index in [4.69, 9.17) is 24.1 Å². The van der Waals surface area contributed by atoms with E-state index in [0.29, 0.717) is 44.4 Å². The van der Waals surface area contributed by atoms with Crippen LogP contribution in [0.2, 0.25) is 0 Å². The first kappa shape index (κ1) is 102. The van der Waals surface area contributed by atoms with Crippen LogP contribution in [-0.2, 0) is 66.8 Å². The van der Waals surface area contributed by atoms with Crippen LogP contribution in [0.15, 0.2) is 12.2 Å². The molecule has 2 unspecified atom stereocenters. The van der Waals surface area contributed by atoms with Crippen LogP contribution in [0, 0.1) is 67.6 Å². The monoisotopic (exact) mass is 2150 g/mol. The van der Waals surface area contributed by atoms with Crippen LogP contribution in [0.25, 0.3) is 0 Å². The van der Waals surface area contributed by atoms with Gasteiger partial charge in [-0.05, 0) is 83.0 Å². The third-order valence-electron chi connectivity index (χ3n) is 7.62. The number of carboxylic acid groups (broad SMARTS) is 1. The number of nitro groups is 2. The SMILES string of the molecule is C.CC(C)CC(CC(=O)O)C[N+](=O)[O-].CC(C)CC=O.CCOC(=O)C(/C=C/C(C)C)C(=O)OCC.CCOC(=O)C(C(=O)OCC)C(CC(C)C)C[N+](=O)[O-].CCOC(=O)CC(=O)OCC.CI.IC(I)I.ICI.I[I-]I. The Balaban J connectivity index is -0.0000000917. The normalized spacial score (nSPS) is 10.5. The van der Waals surface area contributed by atoms with Gasteiger partial charge in [-0.1, -0.05) is 211 Å². The fraction of sp³-hybridized carbons (Fsp3) is 0.796. The molecule has 0 saturated carbocycles. The zero-order chi connectivity index (χ0) is 63.4. The molecule has 2 atom stereocenters. The average molecular weight is 2150 g/mol. The number of aliphatic carboxylic acids is 1. The molecule has 21 nitrogen and oxygen atoms in total.